The van der Waals surface area contributed by atoms with Gasteiger partial charge in [-0.15, -0.1) is 0 Å². The summed E-state index contributed by atoms with van der Waals surface area (Å²) in [4.78, 5) is 14.3. The minimum Gasteiger partial charge on any atom is -0.360 e. The molecule has 72 valence electrons. The standard InChI is InChI=1S/C10H7BrClNO/c1-5(14)7-4-13-10-3-9(12)8(11)2-6(7)10/h2-4,13H,1H3. The van der Waals surface area contributed by atoms with Crippen LogP contribution in [-0.4, -0.2) is 10.8 Å². The van der Waals surface area contributed by atoms with Gasteiger partial charge in [-0.1, -0.05) is 11.6 Å². The van der Waals surface area contributed by atoms with Crippen LogP contribution in [0.25, 0.3) is 10.9 Å². The second kappa shape index (κ2) is 3.41. The molecule has 0 fully saturated rings. The van der Waals surface area contributed by atoms with Gasteiger partial charge in [0.15, 0.2) is 5.78 Å². The summed E-state index contributed by atoms with van der Waals surface area (Å²) in [5.74, 6) is 0.0467. The topological polar surface area (TPSA) is 32.9 Å². The molecule has 0 radical (unpaired) electrons. The molecule has 1 N–H and O–H groups in total. The van der Waals surface area contributed by atoms with Crippen LogP contribution in [0.15, 0.2) is 22.8 Å². The van der Waals surface area contributed by atoms with Gasteiger partial charge in [0.1, 0.15) is 0 Å². The van der Waals surface area contributed by atoms with Gasteiger partial charge in [0, 0.05) is 27.1 Å². The zero-order valence-electron chi connectivity index (χ0n) is 7.40. The molecule has 0 saturated heterocycles. The molecule has 0 bridgehead atoms. The van der Waals surface area contributed by atoms with Crippen LogP contribution in [0.4, 0.5) is 0 Å². The third kappa shape index (κ3) is 1.47. The SMILES string of the molecule is CC(=O)c1c[nH]c2cc(Cl)c(Br)cc12. The van der Waals surface area contributed by atoms with Crippen molar-refractivity contribution in [2.45, 2.75) is 6.92 Å². The Morgan fingerprint density at radius 1 is 1.50 bits per heavy atom. The Hall–Kier alpha value is -0.800. The molecule has 0 aliphatic rings. The number of benzene rings is 1. The molecule has 0 saturated carbocycles. The summed E-state index contributed by atoms with van der Waals surface area (Å²) in [6.45, 7) is 1.55. The van der Waals surface area contributed by atoms with Crippen molar-refractivity contribution in [3.8, 4) is 0 Å². The van der Waals surface area contributed by atoms with Gasteiger partial charge in [0.2, 0.25) is 0 Å². The fraction of sp³-hybridized carbons (Fsp3) is 0.100. The van der Waals surface area contributed by atoms with Crippen molar-refractivity contribution in [3.05, 3.63) is 33.4 Å². The number of Topliss-reactive ketones (excluding diaryl/α,β-unsaturated/α-hetero) is 1. The summed E-state index contributed by atoms with van der Waals surface area (Å²) in [6, 6.07) is 3.65. The largest absolute Gasteiger partial charge is 0.360 e. The highest BCUT2D eigenvalue weighted by atomic mass is 79.9. The van der Waals surface area contributed by atoms with E-state index in [-0.39, 0.29) is 5.78 Å². The molecule has 2 nitrogen and oxygen atoms in total. The average Bonchev–Trinajstić information content (AvgIpc) is 2.48. The summed E-state index contributed by atoms with van der Waals surface area (Å²) < 4.78 is 0.800. The molecule has 0 aliphatic heterocycles. The quantitative estimate of drug-likeness (QED) is 0.787. The molecular weight excluding hydrogens is 265 g/mol. The number of halogens is 2. The molecule has 4 heteroatoms. The molecule has 0 spiro atoms. The van der Waals surface area contributed by atoms with Crippen molar-refractivity contribution in [1.82, 2.24) is 4.98 Å². The highest BCUT2D eigenvalue weighted by Gasteiger charge is 2.09. The van der Waals surface area contributed by atoms with Crippen LogP contribution in [0.1, 0.15) is 17.3 Å². The maximum atomic E-state index is 11.2. The fourth-order valence-corrected chi connectivity index (χ4v) is 1.92. The second-order valence-electron chi connectivity index (χ2n) is 3.07. The predicted octanol–water partition coefficient (Wildman–Crippen LogP) is 3.79. The molecule has 2 aromatic rings. The number of hydrogen-bond donors (Lipinski definition) is 1. The Kier molecular flexibility index (Phi) is 2.37. The third-order valence-corrected chi connectivity index (χ3v) is 3.30. The van der Waals surface area contributed by atoms with Gasteiger partial charge in [-0.25, -0.2) is 0 Å². The van der Waals surface area contributed by atoms with Crippen LogP contribution in [0.2, 0.25) is 5.02 Å². The molecule has 1 aromatic carbocycles. The Morgan fingerprint density at radius 3 is 2.86 bits per heavy atom. The van der Waals surface area contributed by atoms with Crippen LogP contribution >= 0.6 is 27.5 Å². The Morgan fingerprint density at radius 2 is 2.21 bits per heavy atom. The summed E-state index contributed by atoms with van der Waals surface area (Å²) in [7, 11) is 0. The highest BCUT2D eigenvalue weighted by Crippen LogP contribution is 2.29. The van der Waals surface area contributed by atoms with Gasteiger partial charge in [0.25, 0.3) is 0 Å². The van der Waals surface area contributed by atoms with Crippen molar-refractivity contribution in [2.24, 2.45) is 0 Å². The minimum absolute atomic E-state index is 0.0467. The molecular formula is C10H7BrClNO. The average molecular weight is 273 g/mol. The molecule has 2 rings (SSSR count). The summed E-state index contributed by atoms with van der Waals surface area (Å²) >= 11 is 9.25. The van der Waals surface area contributed by atoms with E-state index < -0.39 is 0 Å². The minimum atomic E-state index is 0.0467. The molecule has 14 heavy (non-hydrogen) atoms. The number of carbonyl (C=O) groups is 1. The zero-order chi connectivity index (χ0) is 10.3. The molecule has 0 atom stereocenters. The first-order chi connectivity index (χ1) is 6.59. The van der Waals surface area contributed by atoms with Gasteiger partial charge >= 0.3 is 0 Å². The lowest BCUT2D eigenvalue weighted by Gasteiger charge is -1.97. The first-order valence-corrected chi connectivity index (χ1v) is 5.24. The second-order valence-corrected chi connectivity index (χ2v) is 4.33. The van der Waals surface area contributed by atoms with E-state index in [2.05, 4.69) is 20.9 Å². The number of hydrogen-bond acceptors (Lipinski definition) is 1. The van der Waals surface area contributed by atoms with Crippen molar-refractivity contribution in [1.29, 1.82) is 0 Å². The van der Waals surface area contributed by atoms with Gasteiger partial charge < -0.3 is 4.98 Å². The normalized spacial score (nSPS) is 10.8. The summed E-state index contributed by atoms with van der Waals surface area (Å²) in [5.41, 5.74) is 1.57. The number of nitrogens with one attached hydrogen (secondary N) is 1. The van der Waals surface area contributed by atoms with Crippen LogP contribution < -0.4 is 0 Å². The van der Waals surface area contributed by atoms with E-state index in [0.29, 0.717) is 10.6 Å². The summed E-state index contributed by atoms with van der Waals surface area (Å²) in [5, 5.41) is 1.53. The first kappa shape index (κ1) is 9.74. The number of fused-ring (bicyclic) bond motifs is 1. The lowest BCUT2D eigenvalue weighted by Crippen LogP contribution is -1.88. The van der Waals surface area contributed by atoms with Gasteiger partial charge in [-0.2, -0.15) is 0 Å². The van der Waals surface area contributed by atoms with Crippen molar-refractivity contribution in [2.75, 3.05) is 0 Å². The smallest absolute Gasteiger partial charge is 0.161 e. The number of rotatable bonds is 1. The van der Waals surface area contributed by atoms with E-state index in [1.54, 1.807) is 19.2 Å². The number of aromatic amines is 1. The summed E-state index contributed by atoms with van der Waals surface area (Å²) in [6.07, 6.45) is 1.70. The van der Waals surface area contributed by atoms with Crippen LogP contribution in [0.5, 0.6) is 0 Å². The van der Waals surface area contributed by atoms with Gasteiger partial charge in [-0.05, 0) is 35.0 Å². The lowest BCUT2D eigenvalue weighted by atomic mass is 10.1. The maximum Gasteiger partial charge on any atom is 0.161 e. The Labute approximate surface area is 94.4 Å². The van der Waals surface area contributed by atoms with Gasteiger partial charge in [0.05, 0.1) is 5.02 Å². The maximum absolute atomic E-state index is 11.2. The first-order valence-electron chi connectivity index (χ1n) is 4.06. The number of carbonyl (C=O) groups excluding carboxylic acids is 1. The third-order valence-electron chi connectivity index (χ3n) is 2.10. The molecule has 0 aliphatic carbocycles. The predicted molar refractivity (Wildman–Crippen MR) is 61.0 cm³/mol. The highest BCUT2D eigenvalue weighted by molar-refractivity contribution is 9.10. The van der Waals surface area contributed by atoms with E-state index in [0.717, 1.165) is 15.4 Å². The lowest BCUT2D eigenvalue weighted by molar-refractivity contribution is 0.101. The molecule has 0 amide bonds. The van der Waals surface area contributed by atoms with E-state index >= 15 is 0 Å². The van der Waals surface area contributed by atoms with Crippen LogP contribution in [0, 0.1) is 0 Å². The van der Waals surface area contributed by atoms with E-state index in [1.165, 1.54) is 0 Å². The number of ketones is 1. The number of aromatic nitrogens is 1. The Bertz CT molecular complexity index is 518. The monoisotopic (exact) mass is 271 g/mol. The van der Waals surface area contributed by atoms with Crippen LogP contribution in [0.3, 0.4) is 0 Å². The van der Waals surface area contributed by atoms with E-state index in [9.17, 15) is 4.79 Å². The fourth-order valence-electron chi connectivity index (χ4n) is 1.41. The van der Waals surface area contributed by atoms with Crippen LogP contribution in [-0.2, 0) is 0 Å². The molecule has 1 aromatic heterocycles. The zero-order valence-corrected chi connectivity index (χ0v) is 9.74. The number of H-pyrrole nitrogens is 1. The Balaban J connectivity index is 2.80. The molecule has 1 heterocycles. The van der Waals surface area contributed by atoms with Crippen molar-refractivity contribution in [3.63, 3.8) is 0 Å². The van der Waals surface area contributed by atoms with E-state index in [4.69, 9.17) is 11.6 Å². The van der Waals surface area contributed by atoms with Crippen molar-refractivity contribution >= 4 is 44.2 Å². The van der Waals surface area contributed by atoms with Crippen molar-refractivity contribution < 1.29 is 4.79 Å². The van der Waals surface area contributed by atoms with Gasteiger partial charge in [-0.3, -0.25) is 4.79 Å². The molecule has 0 unspecified atom stereocenters. The van der Waals surface area contributed by atoms with E-state index in [1.807, 2.05) is 6.07 Å².